The molecule has 0 bridgehead atoms. The Bertz CT molecular complexity index is 494. The van der Waals surface area contributed by atoms with E-state index in [-0.39, 0.29) is 6.10 Å². The van der Waals surface area contributed by atoms with Gasteiger partial charge in [0.1, 0.15) is 5.75 Å². The maximum atomic E-state index is 10.1. The average Bonchev–Trinajstić information content (AvgIpc) is 2.47. The summed E-state index contributed by atoms with van der Waals surface area (Å²) in [6.07, 6.45) is 5.71. The van der Waals surface area contributed by atoms with Crippen LogP contribution in [-0.4, -0.2) is 53.4 Å². The number of thioether (sulfide) groups is 1. The van der Waals surface area contributed by atoms with E-state index in [0.29, 0.717) is 17.9 Å². The Kier molecular flexibility index (Phi) is 4.77. The number of morpholine rings is 1. The number of phenolic OH excluding ortho intramolecular Hbond substituents is 1. The summed E-state index contributed by atoms with van der Waals surface area (Å²) in [6.45, 7) is 4.43. The molecule has 1 heterocycles. The average molecular weight is 307 g/mol. The fraction of sp³-hybridized carbons (Fsp3) is 0.647. The zero-order valence-electron chi connectivity index (χ0n) is 12.9. The lowest BCUT2D eigenvalue weighted by molar-refractivity contribution is -0.113. The monoisotopic (exact) mass is 307 g/mol. The van der Waals surface area contributed by atoms with E-state index in [9.17, 15) is 5.11 Å². The van der Waals surface area contributed by atoms with Gasteiger partial charge in [0.05, 0.1) is 12.2 Å². The van der Waals surface area contributed by atoms with Crippen LogP contribution in [0, 0.1) is 0 Å². The third-order valence-electron chi connectivity index (χ3n) is 4.65. The Morgan fingerprint density at radius 1 is 1.38 bits per heavy atom. The van der Waals surface area contributed by atoms with Gasteiger partial charge in [-0.2, -0.15) is 11.8 Å². The third-order valence-corrected chi connectivity index (χ3v) is 5.35. The lowest BCUT2D eigenvalue weighted by atomic mass is 9.83. The summed E-state index contributed by atoms with van der Waals surface area (Å²) in [6, 6.07) is 6.38. The number of fused-ring (bicyclic) bond motifs is 2. The first-order valence-electron chi connectivity index (χ1n) is 7.91. The highest BCUT2D eigenvalue weighted by molar-refractivity contribution is 7.98. The fourth-order valence-electron chi connectivity index (χ4n) is 3.75. The van der Waals surface area contributed by atoms with Crippen molar-refractivity contribution in [2.24, 2.45) is 0 Å². The third kappa shape index (κ3) is 3.08. The molecular weight excluding hydrogens is 282 g/mol. The standard InChI is InChI=1S/C17H25NO2S/c1-3-7-18-10-13(11-21-2)20-17-9-14-12(8-15(17)18)5-4-6-16(14)19/h4-6,13,15,17,19H,3,7-11H2,1-2H3/t13-,15+,17+/m0/s1. The number of ether oxygens (including phenoxy) is 1. The summed E-state index contributed by atoms with van der Waals surface area (Å²) in [5.41, 5.74) is 2.39. The smallest absolute Gasteiger partial charge is 0.119 e. The van der Waals surface area contributed by atoms with E-state index >= 15 is 0 Å². The maximum Gasteiger partial charge on any atom is 0.119 e. The SMILES string of the molecule is CCCN1C[C@@H](CSC)O[C@@H]2Cc3c(O)cccc3C[C@H]21. The van der Waals surface area contributed by atoms with Gasteiger partial charge < -0.3 is 9.84 Å². The molecule has 3 rings (SSSR count). The second kappa shape index (κ2) is 6.59. The number of aromatic hydroxyl groups is 1. The van der Waals surface area contributed by atoms with E-state index in [1.54, 1.807) is 6.07 Å². The van der Waals surface area contributed by atoms with Gasteiger partial charge >= 0.3 is 0 Å². The number of phenols is 1. The van der Waals surface area contributed by atoms with E-state index in [2.05, 4.69) is 24.1 Å². The molecule has 3 atom stereocenters. The molecule has 0 spiro atoms. The van der Waals surface area contributed by atoms with Crippen molar-refractivity contribution in [1.29, 1.82) is 0 Å². The van der Waals surface area contributed by atoms with Crippen LogP contribution in [0.5, 0.6) is 5.75 Å². The van der Waals surface area contributed by atoms with Crippen molar-refractivity contribution >= 4 is 11.8 Å². The molecule has 0 amide bonds. The van der Waals surface area contributed by atoms with Gasteiger partial charge in [-0.05, 0) is 42.8 Å². The van der Waals surface area contributed by atoms with Crippen molar-refractivity contribution in [2.45, 2.75) is 44.4 Å². The molecule has 116 valence electrons. The summed E-state index contributed by atoms with van der Waals surface area (Å²) in [5, 5.41) is 10.1. The van der Waals surface area contributed by atoms with Gasteiger partial charge in [-0.1, -0.05) is 19.1 Å². The van der Waals surface area contributed by atoms with E-state index in [0.717, 1.165) is 37.2 Å². The molecule has 1 aromatic carbocycles. The first-order valence-corrected chi connectivity index (χ1v) is 9.30. The molecule has 4 heteroatoms. The van der Waals surface area contributed by atoms with Crippen LogP contribution in [0.3, 0.4) is 0 Å². The Morgan fingerprint density at radius 2 is 2.24 bits per heavy atom. The molecule has 0 aromatic heterocycles. The van der Waals surface area contributed by atoms with E-state index < -0.39 is 0 Å². The van der Waals surface area contributed by atoms with Crippen LogP contribution in [0.2, 0.25) is 0 Å². The highest BCUT2D eigenvalue weighted by Crippen LogP contribution is 2.35. The van der Waals surface area contributed by atoms with Crippen molar-refractivity contribution in [3.8, 4) is 5.75 Å². The molecule has 3 nitrogen and oxygen atoms in total. The number of rotatable bonds is 4. The zero-order chi connectivity index (χ0) is 14.8. The van der Waals surface area contributed by atoms with Crippen molar-refractivity contribution in [1.82, 2.24) is 4.90 Å². The molecule has 1 N–H and O–H groups in total. The topological polar surface area (TPSA) is 32.7 Å². The van der Waals surface area contributed by atoms with E-state index in [1.807, 2.05) is 17.8 Å². The molecule has 1 aliphatic carbocycles. The van der Waals surface area contributed by atoms with Crippen LogP contribution in [0.25, 0.3) is 0 Å². The number of hydrogen-bond donors (Lipinski definition) is 1. The van der Waals surface area contributed by atoms with Crippen LogP contribution >= 0.6 is 11.8 Å². The Morgan fingerprint density at radius 3 is 3.00 bits per heavy atom. The predicted molar refractivity (Wildman–Crippen MR) is 88.2 cm³/mol. The van der Waals surface area contributed by atoms with Crippen molar-refractivity contribution in [3.63, 3.8) is 0 Å². The lowest BCUT2D eigenvalue weighted by Gasteiger charge is -2.47. The predicted octanol–water partition coefficient (Wildman–Crippen LogP) is 2.70. The van der Waals surface area contributed by atoms with Gasteiger partial charge in [-0.3, -0.25) is 4.90 Å². The van der Waals surface area contributed by atoms with Crippen LogP contribution in [-0.2, 0) is 17.6 Å². The summed E-state index contributed by atoms with van der Waals surface area (Å²) in [5.74, 6) is 1.49. The molecule has 0 radical (unpaired) electrons. The highest BCUT2D eigenvalue weighted by Gasteiger charge is 2.40. The van der Waals surface area contributed by atoms with E-state index in [1.165, 1.54) is 12.0 Å². The molecule has 0 unspecified atom stereocenters. The number of nitrogens with zero attached hydrogens (tertiary/aromatic N) is 1. The highest BCUT2D eigenvalue weighted by atomic mass is 32.2. The Labute approximate surface area is 131 Å². The Balaban J connectivity index is 1.84. The first kappa shape index (κ1) is 15.2. The second-order valence-corrected chi connectivity index (χ2v) is 7.05. The molecule has 1 aliphatic heterocycles. The van der Waals surface area contributed by atoms with Crippen LogP contribution < -0.4 is 0 Å². The van der Waals surface area contributed by atoms with Gasteiger partial charge in [0.2, 0.25) is 0 Å². The normalized spacial score (nSPS) is 29.0. The largest absolute Gasteiger partial charge is 0.508 e. The number of hydrogen-bond acceptors (Lipinski definition) is 4. The van der Waals surface area contributed by atoms with Crippen molar-refractivity contribution in [2.75, 3.05) is 25.1 Å². The van der Waals surface area contributed by atoms with Crippen molar-refractivity contribution in [3.05, 3.63) is 29.3 Å². The number of benzene rings is 1. The molecule has 0 saturated carbocycles. The quantitative estimate of drug-likeness (QED) is 0.927. The minimum atomic E-state index is 0.225. The molecule has 1 saturated heterocycles. The fourth-order valence-corrected chi connectivity index (χ4v) is 4.31. The van der Waals surface area contributed by atoms with Gasteiger partial charge in [0.25, 0.3) is 0 Å². The summed E-state index contributed by atoms with van der Waals surface area (Å²) < 4.78 is 6.35. The van der Waals surface area contributed by atoms with Gasteiger partial charge in [-0.25, -0.2) is 0 Å². The summed E-state index contributed by atoms with van der Waals surface area (Å²) in [7, 11) is 0. The molecule has 21 heavy (non-hydrogen) atoms. The zero-order valence-corrected chi connectivity index (χ0v) is 13.7. The van der Waals surface area contributed by atoms with E-state index in [4.69, 9.17) is 4.74 Å². The summed E-state index contributed by atoms with van der Waals surface area (Å²) >= 11 is 1.86. The van der Waals surface area contributed by atoms with Gasteiger partial charge in [0.15, 0.2) is 0 Å². The van der Waals surface area contributed by atoms with Crippen molar-refractivity contribution < 1.29 is 9.84 Å². The molecule has 1 fully saturated rings. The van der Waals surface area contributed by atoms with Gasteiger partial charge in [0, 0.05) is 24.8 Å². The first-order chi connectivity index (χ1) is 10.2. The van der Waals surface area contributed by atoms with Gasteiger partial charge in [-0.15, -0.1) is 0 Å². The summed E-state index contributed by atoms with van der Waals surface area (Å²) in [4.78, 5) is 2.61. The van der Waals surface area contributed by atoms with Crippen LogP contribution in [0.15, 0.2) is 18.2 Å². The second-order valence-electron chi connectivity index (χ2n) is 6.14. The molecule has 2 aliphatic rings. The van der Waals surface area contributed by atoms with Crippen LogP contribution in [0.1, 0.15) is 24.5 Å². The van der Waals surface area contributed by atoms with Crippen LogP contribution in [0.4, 0.5) is 0 Å². The Hall–Kier alpha value is -0.710. The minimum Gasteiger partial charge on any atom is -0.508 e. The molecule has 1 aromatic rings. The lowest BCUT2D eigenvalue weighted by Crippen LogP contribution is -2.58. The molecular formula is C17H25NO2S. The maximum absolute atomic E-state index is 10.1. The minimum absolute atomic E-state index is 0.225.